The third-order valence-electron chi connectivity index (χ3n) is 4.21. The fraction of sp³-hybridized carbons (Fsp3) is 0.545. The summed E-state index contributed by atoms with van der Waals surface area (Å²) < 4.78 is 29.1. The summed E-state index contributed by atoms with van der Waals surface area (Å²) in [7, 11) is 2.23. The van der Waals surface area contributed by atoms with Crippen molar-refractivity contribution >= 4 is 24.2 Å². The van der Waals surface area contributed by atoms with Crippen molar-refractivity contribution in [1.82, 2.24) is 0 Å². The first-order valence-electron chi connectivity index (χ1n) is 10.3. The summed E-state index contributed by atoms with van der Waals surface area (Å²) in [5.41, 5.74) is 6.40. The molecule has 0 heterocycles. The molecule has 0 aliphatic heterocycles. The van der Waals surface area contributed by atoms with E-state index < -0.39 is 30.4 Å². The third-order valence-corrected chi connectivity index (χ3v) is 4.21. The molecule has 1 aromatic carbocycles. The molecule has 0 spiro atoms. The highest BCUT2D eigenvalue weighted by molar-refractivity contribution is 5.76. The molecule has 0 fully saturated rings. The number of carbonyl (C=O) groups is 4. The van der Waals surface area contributed by atoms with Crippen LogP contribution in [0.4, 0.5) is 9.59 Å². The van der Waals surface area contributed by atoms with Crippen LogP contribution in [0, 0.1) is 5.92 Å². The Morgan fingerprint density at radius 3 is 2.12 bits per heavy atom. The van der Waals surface area contributed by atoms with E-state index in [2.05, 4.69) is 9.47 Å². The van der Waals surface area contributed by atoms with E-state index in [1.165, 1.54) is 18.2 Å². The van der Waals surface area contributed by atoms with Gasteiger partial charge in [0.15, 0.2) is 11.5 Å². The van der Waals surface area contributed by atoms with Gasteiger partial charge in [0.25, 0.3) is 0 Å². The highest BCUT2D eigenvalue weighted by Gasteiger charge is 2.21. The van der Waals surface area contributed by atoms with Crippen molar-refractivity contribution in [3.05, 3.63) is 23.8 Å². The summed E-state index contributed by atoms with van der Waals surface area (Å²) in [6.07, 6.45) is -1.64. The van der Waals surface area contributed by atoms with Crippen molar-refractivity contribution < 1.29 is 47.6 Å². The van der Waals surface area contributed by atoms with Gasteiger partial charge in [0.05, 0.1) is 14.2 Å². The highest BCUT2D eigenvalue weighted by atomic mass is 16.7. The van der Waals surface area contributed by atoms with Crippen LogP contribution in [0.25, 0.3) is 0 Å². The average Bonchev–Trinajstić information content (AvgIpc) is 2.77. The minimum Gasteiger partial charge on any atom is -0.461 e. The van der Waals surface area contributed by atoms with Crippen LogP contribution in [0.15, 0.2) is 18.2 Å². The van der Waals surface area contributed by atoms with Gasteiger partial charge in [-0.05, 0) is 43.4 Å². The van der Waals surface area contributed by atoms with Gasteiger partial charge in [-0.15, -0.1) is 0 Å². The molecule has 0 unspecified atom stereocenters. The Balaban J connectivity index is 2.69. The standard InChI is InChI=1S/C22H31NO10/c1-13(2)6-9-19(24)31-14(3)12-30-20(25)16(23)10-15-7-8-17(32-21(26)28-4)18(11-15)33-22(27)29-5/h7-8,11,13-14,16H,6,9-10,12,23H2,1-5H3/t14-,16-/m0/s1. The largest absolute Gasteiger partial charge is 0.513 e. The van der Waals surface area contributed by atoms with Crippen molar-refractivity contribution in [3.63, 3.8) is 0 Å². The highest BCUT2D eigenvalue weighted by Crippen LogP contribution is 2.29. The Morgan fingerprint density at radius 2 is 1.55 bits per heavy atom. The number of ether oxygens (including phenoxy) is 6. The minimum atomic E-state index is -1.05. The van der Waals surface area contributed by atoms with Gasteiger partial charge >= 0.3 is 24.2 Å². The topological polar surface area (TPSA) is 150 Å². The molecule has 1 aromatic rings. The smallest absolute Gasteiger partial charge is 0.461 e. The van der Waals surface area contributed by atoms with Gasteiger partial charge in [0.1, 0.15) is 18.8 Å². The first kappa shape index (κ1) is 27.7. The maximum Gasteiger partial charge on any atom is 0.513 e. The lowest BCUT2D eigenvalue weighted by atomic mass is 10.1. The molecule has 33 heavy (non-hydrogen) atoms. The van der Waals surface area contributed by atoms with Gasteiger partial charge in [0.2, 0.25) is 0 Å². The number of hydrogen-bond acceptors (Lipinski definition) is 11. The van der Waals surface area contributed by atoms with Gasteiger partial charge < -0.3 is 34.2 Å². The Bertz CT molecular complexity index is 823. The summed E-state index contributed by atoms with van der Waals surface area (Å²) in [4.78, 5) is 46.8. The molecular weight excluding hydrogens is 438 g/mol. The molecule has 11 nitrogen and oxygen atoms in total. The second-order valence-electron chi connectivity index (χ2n) is 7.57. The molecule has 11 heteroatoms. The lowest BCUT2D eigenvalue weighted by Crippen LogP contribution is -2.36. The second kappa shape index (κ2) is 13.9. The molecule has 2 atom stereocenters. The van der Waals surface area contributed by atoms with E-state index in [-0.39, 0.29) is 30.5 Å². The minimum absolute atomic E-state index is 0.0252. The quantitative estimate of drug-likeness (QED) is 0.289. The van der Waals surface area contributed by atoms with Crippen LogP contribution in [-0.4, -0.2) is 57.2 Å². The van der Waals surface area contributed by atoms with Crippen LogP contribution in [0.5, 0.6) is 11.5 Å². The van der Waals surface area contributed by atoms with E-state index in [1.807, 2.05) is 13.8 Å². The SMILES string of the molecule is COC(=O)Oc1ccc(C[C@H](N)C(=O)OC[C@H](C)OC(=O)CCC(C)C)cc1OC(=O)OC. The van der Waals surface area contributed by atoms with E-state index >= 15 is 0 Å². The maximum absolute atomic E-state index is 12.2. The molecule has 2 N–H and O–H groups in total. The summed E-state index contributed by atoms with van der Waals surface area (Å²) in [6, 6.07) is 3.18. The number of hydrogen-bond donors (Lipinski definition) is 1. The van der Waals surface area contributed by atoms with Gasteiger partial charge in [-0.1, -0.05) is 19.9 Å². The number of rotatable bonds is 11. The normalized spacial score (nSPS) is 12.3. The zero-order valence-electron chi connectivity index (χ0n) is 19.5. The zero-order valence-corrected chi connectivity index (χ0v) is 19.5. The molecule has 0 amide bonds. The second-order valence-corrected chi connectivity index (χ2v) is 7.57. The van der Waals surface area contributed by atoms with Crippen molar-refractivity contribution in [2.75, 3.05) is 20.8 Å². The molecule has 0 saturated heterocycles. The van der Waals surface area contributed by atoms with Crippen LogP contribution in [0.2, 0.25) is 0 Å². The van der Waals surface area contributed by atoms with Crippen molar-refractivity contribution in [3.8, 4) is 11.5 Å². The van der Waals surface area contributed by atoms with Crippen LogP contribution >= 0.6 is 0 Å². The lowest BCUT2D eigenvalue weighted by Gasteiger charge is -2.17. The number of benzene rings is 1. The van der Waals surface area contributed by atoms with E-state index in [4.69, 9.17) is 24.7 Å². The average molecular weight is 469 g/mol. The van der Waals surface area contributed by atoms with E-state index in [9.17, 15) is 19.2 Å². The summed E-state index contributed by atoms with van der Waals surface area (Å²) in [6.45, 7) is 5.49. The summed E-state index contributed by atoms with van der Waals surface area (Å²) in [5, 5.41) is 0. The first-order valence-corrected chi connectivity index (χ1v) is 10.3. The molecule has 1 rings (SSSR count). The third kappa shape index (κ3) is 10.7. The van der Waals surface area contributed by atoms with Crippen LogP contribution < -0.4 is 15.2 Å². The van der Waals surface area contributed by atoms with Gasteiger partial charge in [0, 0.05) is 6.42 Å². The van der Waals surface area contributed by atoms with Gasteiger partial charge in [-0.3, -0.25) is 9.59 Å². The predicted octanol–water partition coefficient (Wildman–Crippen LogP) is 2.76. The van der Waals surface area contributed by atoms with Gasteiger partial charge in [-0.25, -0.2) is 9.59 Å². The number of esters is 2. The molecule has 0 bridgehead atoms. The fourth-order valence-corrected chi connectivity index (χ4v) is 2.47. The summed E-state index contributed by atoms with van der Waals surface area (Å²) >= 11 is 0. The monoisotopic (exact) mass is 469 g/mol. The van der Waals surface area contributed by atoms with Gasteiger partial charge in [-0.2, -0.15) is 0 Å². The van der Waals surface area contributed by atoms with Crippen LogP contribution in [0.3, 0.4) is 0 Å². The van der Waals surface area contributed by atoms with E-state index in [0.29, 0.717) is 24.3 Å². The molecule has 0 aromatic heterocycles. The van der Waals surface area contributed by atoms with Crippen LogP contribution in [0.1, 0.15) is 39.2 Å². The molecule has 0 aliphatic rings. The Kier molecular flexibility index (Phi) is 11.7. The predicted molar refractivity (Wildman–Crippen MR) is 115 cm³/mol. The van der Waals surface area contributed by atoms with E-state index in [0.717, 1.165) is 14.2 Å². The Morgan fingerprint density at radius 1 is 0.939 bits per heavy atom. The number of methoxy groups -OCH3 is 2. The van der Waals surface area contributed by atoms with Crippen molar-refractivity contribution in [1.29, 1.82) is 0 Å². The van der Waals surface area contributed by atoms with E-state index in [1.54, 1.807) is 6.92 Å². The first-order chi connectivity index (χ1) is 15.5. The van der Waals surface area contributed by atoms with Crippen LogP contribution in [-0.2, 0) is 35.0 Å². The summed E-state index contributed by atoms with van der Waals surface area (Å²) in [5.74, 6) is -0.912. The van der Waals surface area contributed by atoms with Crippen molar-refractivity contribution in [2.45, 2.75) is 52.2 Å². The molecule has 0 radical (unpaired) electrons. The fourth-order valence-electron chi connectivity index (χ4n) is 2.47. The van der Waals surface area contributed by atoms with Crippen molar-refractivity contribution in [2.24, 2.45) is 11.7 Å². The molecule has 0 aliphatic carbocycles. The number of nitrogens with two attached hydrogens (primary N) is 1. The lowest BCUT2D eigenvalue weighted by molar-refractivity contribution is -0.158. The molecule has 0 saturated carbocycles. The zero-order chi connectivity index (χ0) is 25.0. The number of carbonyl (C=O) groups excluding carboxylic acids is 4. The Hall–Kier alpha value is -3.34. The molecular formula is C22H31NO10. The Labute approximate surface area is 192 Å². The molecule has 184 valence electrons. The maximum atomic E-state index is 12.2.